The Morgan fingerprint density at radius 1 is 1.25 bits per heavy atom. The maximum absolute atomic E-state index is 12.5. The van der Waals surface area contributed by atoms with Crippen molar-refractivity contribution < 1.29 is 28.9 Å². The first-order chi connectivity index (χ1) is 11.5. The molecule has 7 heteroatoms. The SMILES string of the molecule is COc1cc(CCC(=O)N2CCOCC2CC(=O)O)cc(OC)c1. The van der Waals surface area contributed by atoms with E-state index in [-0.39, 0.29) is 18.9 Å². The summed E-state index contributed by atoms with van der Waals surface area (Å²) in [4.78, 5) is 25.0. The van der Waals surface area contributed by atoms with Gasteiger partial charge in [-0.2, -0.15) is 0 Å². The van der Waals surface area contributed by atoms with Gasteiger partial charge in [0.15, 0.2) is 0 Å². The largest absolute Gasteiger partial charge is 0.497 e. The minimum Gasteiger partial charge on any atom is -0.497 e. The van der Waals surface area contributed by atoms with Crippen LogP contribution in [0.15, 0.2) is 18.2 Å². The quantitative estimate of drug-likeness (QED) is 0.808. The van der Waals surface area contributed by atoms with Crippen LogP contribution in [-0.2, 0) is 20.7 Å². The Balaban J connectivity index is 1.99. The lowest BCUT2D eigenvalue weighted by atomic mass is 10.1. The van der Waals surface area contributed by atoms with Crippen molar-refractivity contribution in [2.45, 2.75) is 25.3 Å². The van der Waals surface area contributed by atoms with Crippen LogP contribution in [0.25, 0.3) is 0 Å². The van der Waals surface area contributed by atoms with Gasteiger partial charge in [-0.3, -0.25) is 9.59 Å². The van der Waals surface area contributed by atoms with Crippen LogP contribution >= 0.6 is 0 Å². The molecule has 132 valence electrons. The van der Waals surface area contributed by atoms with E-state index < -0.39 is 12.0 Å². The maximum atomic E-state index is 12.5. The van der Waals surface area contributed by atoms with Crippen LogP contribution in [-0.4, -0.2) is 61.9 Å². The number of methoxy groups -OCH3 is 2. The van der Waals surface area contributed by atoms with Crippen molar-refractivity contribution in [3.8, 4) is 11.5 Å². The second-order valence-corrected chi connectivity index (χ2v) is 5.63. The molecule has 1 saturated heterocycles. The Hall–Kier alpha value is -2.28. The predicted octanol–water partition coefficient (Wildman–Crippen LogP) is 1.34. The highest BCUT2D eigenvalue weighted by Gasteiger charge is 2.28. The second kappa shape index (κ2) is 8.54. The second-order valence-electron chi connectivity index (χ2n) is 5.63. The fourth-order valence-electron chi connectivity index (χ4n) is 2.76. The average Bonchev–Trinajstić information content (AvgIpc) is 2.59. The fraction of sp³-hybridized carbons (Fsp3) is 0.529. The fourth-order valence-corrected chi connectivity index (χ4v) is 2.76. The normalized spacial score (nSPS) is 17.4. The number of carboxylic acid groups (broad SMARTS) is 1. The van der Waals surface area contributed by atoms with Gasteiger partial charge < -0.3 is 24.2 Å². The first-order valence-corrected chi connectivity index (χ1v) is 7.84. The van der Waals surface area contributed by atoms with Gasteiger partial charge >= 0.3 is 5.97 Å². The summed E-state index contributed by atoms with van der Waals surface area (Å²) in [5, 5.41) is 8.97. The maximum Gasteiger partial charge on any atom is 0.305 e. The summed E-state index contributed by atoms with van der Waals surface area (Å²) in [5.41, 5.74) is 0.933. The molecule has 24 heavy (non-hydrogen) atoms. The molecule has 1 aromatic carbocycles. The molecule has 0 saturated carbocycles. The van der Waals surface area contributed by atoms with E-state index in [4.69, 9.17) is 19.3 Å². The number of carbonyl (C=O) groups is 2. The summed E-state index contributed by atoms with van der Waals surface area (Å²) in [6.07, 6.45) is 0.731. The summed E-state index contributed by atoms with van der Waals surface area (Å²) in [7, 11) is 3.15. The first kappa shape index (κ1) is 18.1. The molecule has 1 N–H and O–H groups in total. The van der Waals surface area contributed by atoms with Gasteiger partial charge in [-0.25, -0.2) is 0 Å². The van der Waals surface area contributed by atoms with E-state index in [1.807, 2.05) is 12.1 Å². The number of rotatable bonds is 7. The van der Waals surface area contributed by atoms with Crippen LogP contribution in [0.1, 0.15) is 18.4 Å². The number of carbonyl (C=O) groups excluding carboxylic acids is 1. The minimum atomic E-state index is -0.930. The zero-order chi connectivity index (χ0) is 17.5. The summed E-state index contributed by atoms with van der Waals surface area (Å²) in [6, 6.07) is 5.10. The molecule has 1 fully saturated rings. The molecule has 0 radical (unpaired) electrons. The van der Waals surface area contributed by atoms with Crippen LogP contribution in [0, 0.1) is 0 Å². The number of aliphatic carboxylic acids is 1. The molecule has 1 atom stereocenters. The molecule has 0 bridgehead atoms. The lowest BCUT2D eigenvalue weighted by Gasteiger charge is -2.35. The number of carboxylic acids is 1. The minimum absolute atomic E-state index is 0.0636. The Kier molecular flexibility index (Phi) is 6.43. The Morgan fingerprint density at radius 2 is 1.92 bits per heavy atom. The highest BCUT2D eigenvalue weighted by atomic mass is 16.5. The molecule has 1 aromatic rings. The summed E-state index contributed by atoms with van der Waals surface area (Å²) in [6.45, 7) is 1.14. The van der Waals surface area contributed by atoms with E-state index in [0.29, 0.717) is 37.5 Å². The first-order valence-electron chi connectivity index (χ1n) is 7.84. The third kappa shape index (κ3) is 4.86. The molecule has 0 aliphatic carbocycles. The molecule has 1 aliphatic rings. The lowest BCUT2D eigenvalue weighted by molar-refractivity contribution is -0.146. The zero-order valence-electron chi connectivity index (χ0n) is 14.0. The van der Waals surface area contributed by atoms with Crippen molar-refractivity contribution in [3.63, 3.8) is 0 Å². The van der Waals surface area contributed by atoms with Gasteiger partial charge in [0.25, 0.3) is 0 Å². The third-order valence-electron chi connectivity index (χ3n) is 4.00. The van der Waals surface area contributed by atoms with Crippen molar-refractivity contribution in [1.29, 1.82) is 0 Å². The van der Waals surface area contributed by atoms with E-state index in [1.165, 1.54) is 0 Å². The molecule has 0 aromatic heterocycles. The highest BCUT2D eigenvalue weighted by molar-refractivity contribution is 5.78. The van der Waals surface area contributed by atoms with Gasteiger partial charge in [-0.1, -0.05) is 0 Å². The summed E-state index contributed by atoms with van der Waals surface area (Å²) >= 11 is 0. The average molecular weight is 337 g/mol. The number of hydrogen-bond donors (Lipinski definition) is 1. The number of nitrogens with zero attached hydrogens (tertiary/aromatic N) is 1. The van der Waals surface area contributed by atoms with Crippen LogP contribution in [0.3, 0.4) is 0 Å². The number of hydrogen-bond acceptors (Lipinski definition) is 5. The van der Waals surface area contributed by atoms with Crippen LogP contribution in [0.2, 0.25) is 0 Å². The Morgan fingerprint density at radius 3 is 2.50 bits per heavy atom. The number of morpholine rings is 1. The third-order valence-corrected chi connectivity index (χ3v) is 4.00. The Bertz CT molecular complexity index is 566. The zero-order valence-corrected chi connectivity index (χ0v) is 14.0. The molecule has 1 amide bonds. The predicted molar refractivity (Wildman–Crippen MR) is 86.4 cm³/mol. The van der Waals surface area contributed by atoms with Gasteiger partial charge in [0.05, 0.1) is 39.9 Å². The van der Waals surface area contributed by atoms with E-state index >= 15 is 0 Å². The number of ether oxygens (including phenoxy) is 3. The molecule has 1 unspecified atom stereocenters. The van der Waals surface area contributed by atoms with Crippen molar-refractivity contribution in [2.75, 3.05) is 34.0 Å². The number of aryl methyl sites for hydroxylation is 1. The molecular weight excluding hydrogens is 314 g/mol. The topological polar surface area (TPSA) is 85.3 Å². The van der Waals surface area contributed by atoms with Crippen molar-refractivity contribution in [1.82, 2.24) is 4.90 Å². The van der Waals surface area contributed by atoms with Crippen LogP contribution in [0.4, 0.5) is 0 Å². The molecule has 7 nitrogen and oxygen atoms in total. The van der Waals surface area contributed by atoms with E-state index in [2.05, 4.69) is 0 Å². The number of benzene rings is 1. The van der Waals surface area contributed by atoms with Gasteiger partial charge in [-0.15, -0.1) is 0 Å². The molecule has 0 spiro atoms. The van der Waals surface area contributed by atoms with Crippen molar-refractivity contribution in [3.05, 3.63) is 23.8 Å². The van der Waals surface area contributed by atoms with E-state index in [9.17, 15) is 9.59 Å². The Labute approximate surface area is 141 Å². The van der Waals surface area contributed by atoms with Crippen LogP contribution < -0.4 is 9.47 Å². The summed E-state index contributed by atoms with van der Waals surface area (Å²) in [5.74, 6) is 0.353. The molecule has 1 aliphatic heterocycles. The van der Waals surface area contributed by atoms with Gasteiger partial charge in [0.1, 0.15) is 11.5 Å². The van der Waals surface area contributed by atoms with Gasteiger partial charge in [0, 0.05) is 19.0 Å². The monoisotopic (exact) mass is 337 g/mol. The molecule has 1 heterocycles. The molecular formula is C17H23NO6. The van der Waals surface area contributed by atoms with Gasteiger partial charge in [0.2, 0.25) is 5.91 Å². The smallest absolute Gasteiger partial charge is 0.305 e. The van der Waals surface area contributed by atoms with Crippen molar-refractivity contribution >= 4 is 11.9 Å². The van der Waals surface area contributed by atoms with Crippen LogP contribution in [0.5, 0.6) is 11.5 Å². The van der Waals surface area contributed by atoms with Crippen molar-refractivity contribution in [2.24, 2.45) is 0 Å². The standard InChI is InChI=1S/C17H23NO6/c1-22-14-7-12(8-15(10-14)23-2)3-4-16(19)18-5-6-24-11-13(18)9-17(20)21/h7-8,10,13H,3-6,9,11H2,1-2H3,(H,20,21). The van der Waals surface area contributed by atoms with E-state index in [0.717, 1.165) is 5.56 Å². The van der Waals surface area contributed by atoms with Gasteiger partial charge in [-0.05, 0) is 24.1 Å². The molecule has 2 rings (SSSR count). The highest BCUT2D eigenvalue weighted by Crippen LogP contribution is 2.23. The summed E-state index contributed by atoms with van der Waals surface area (Å²) < 4.78 is 15.7. The van der Waals surface area contributed by atoms with E-state index in [1.54, 1.807) is 25.2 Å². The number of amides is 1. The lowest BCUT2D eigenvalue weighted by Crippen LogP contribution is -2.49.